The van der Waals surface area contributed by atoms with Crippen LogP contribution in [0.3, 0.4) is 0 Å². The van der Waals surface area contributed by atoms with Gasteiger partial charge >= 0.3 is 0 Å². The molecule has 56 valence electrons. The van der Waals surface area contributed by atoms with E-state index in [0.29, 0.717) is 0 Å². The van der Waals surface area contributed by atoms with Crippen LogP contribution in [-0.4, -0.2) is 0 Å². The van der Waals surface area contributed by atoms with Crippen molar-refractivity contribution in [1.82, 2.24) is 0 Å². The van der Waals surface area contributed by atoms with Crippen molar-refractivity contribution in [1.29, 1.82) is 0 Å². The molecule has 0 aromatic carbocycles. The van der Waals surface area contributed by atoms with Gasteiger partial charge in [0.15, 0.2) is 0 Å². The molecule has 0 nitrogen and oxygen atoms in total. The van der Waals surface area contributed by atoms with Crippen LogP contribution in [0.4, 0.5) is 0 Å². The van der Waals surface area contributed by atoms with Gasteiger partial charge in [0.05, 0.1) is 0 Å². The molecule has 0 saturated carbocycles. The molecule has 0 atom stereocenters. The lowest BCUT2D eigenvalue weighted by Crippen LogP contribution is -1.55. The normalized spacial score (nSPS) is 14.9. The summed E-state index contributed by atoms with van der Waals surface area (Å²) >= 11 is 5.64. The summed E-state index contributed by atoms with van der Waals surface area (Å²) < 4.78 is 0. The Hall–Kier alpha value is -0.490. The van der Waals surface area contributed by atoms with Crippen LogP contribution in [0.25, 0.3) is 0 Å². The summed E-state index contributed by atoms with van der Waals surface area (Å²) in [6.45, 7) is 4.00. The van der Waals surface area contributed by atoms with Crippen molar-refractivity contribution in [2.75, 3.05) is 0 Å². The molecule has 0 aromatic rings. The van der Waals surface area contributed by atoms with Crippen molar-refractivity contribution in [3.05, 3.63) is 35.4 Å². The zero-order valence-corrected chi connectivity index (χ0v) is 7.23. The van der Waals surface area contributed by atoms with Gasteiger partial charge in [0.25, 0.3) is 0 Å². The van der Waals surface area contributed by atoms with Crippen LogP contribution in [0, 0.1) is 0 Å². The number of halogens is 1. The van der Waals surface area contributed by atoms with Gasteiger partial charge in [-0.25, -0.2) is 0 Å². The molecule has 1 aliphatic carbocycles. The third-order valence-corrected chi connectivity index (χ3v) is 1.19. The molecule has 0 radical (unpaired) electrons. The lowest BCUT2D eigenvalue weighted by molar-refractivity contribution is 1.41. The maximum absolute atomic E-state index is 5.64. The third kappa shape index (κ3) is 4.39. The summed E-state index contributed by atoms with van der Waals surface area (Å²) in [5.74, 6) is 0. The van der Waals surface area contributed by atoms with Crippen LogP contribution < -0.4 is 0 Å². The van der Waals surface area contributed by atoms with Crippen LogP contribution in [0.15, 0.2) is 35.4 Å². The van der Waals surface area contributed by atoms with Gasteiger partial charge in [-0.2, -0.15) is 0 Å². The first-order valence-electron chi connectivity index (χ1n) is 3.58. The predicted molar refractivity (Wildman–Crippen MR) is 48.2 cm³/mol. The highest BCUT2D eigenvalue weighted by atomic mass is 35.5. The Bertz CT molecular complexity index is 152. The fourth-order valence-electron chi connectivity index (χ4n) is 0.553. The predicted octanol–water partition coefficient (Wildman–Crippen LogP) is 3.65. The molecule has 1 heteroatoms. The summed E-state index contributed by atoms with van der Waals surface area (Å²) in [6, 6.07) is 0. The van der Waals surface area contributed by atoms with Gasteiger partial charge in [0.2, 0.25) is 0 Å². The quantitative estimate of drug-likeness (QED) is 0.502. The van der Waals surface area contributed by atoms with Crippen LogP contribution in [-0.2, 0) is 0 Å². The average molecular weight is 157 g/mol. The zero-order chi connectivity index (χ0) is 7.82. The molecule has 0 unspecified atom stereocenters. The monoisotopic (exact) mass is 156 g/mol. The van der Waals surface area contributed by atoms with E-state index >= 15 is 0 Å². The number of rotatable bonds is 0. The van der Waals surface area contributed by atoms with E-state index < -0.39 is 0 Å². The highest BCUT2D eigenvalue weighted by molar-refractivity contribution is 6.31. The highest BCUT2D eigenvalue weighted by Crippen LogP contribution is 2.07. The molecule has 0 spiro atoms. The van der Waals surface area contributed by atoms with Gasteiger partial charge in [-0.15, -0.1) is 0 Å². The molecule has 0 N–H and O–H groups in total. The summed E-state index contributed by atoms with van der Waals surface area (Å²) in [6.07, 6.45) is 10.8. The second-order valence-corrected chi connectivity index (χ2v) is 2.05. The van der Waals surface area contributed by atoms with Crippen molar-refractivity contribution in [3.8, 4) is 0 Å². The summed E-state index contributed by atoms with van der Waals surface area (Å²) in [7, 11) is 0. The van der Waals surface area contributed by atoms with Gasteiger partial charge in [-0.1, -0.05) is 43.7 Å². The van der Waals surface area contributed by atoms with Crippen LogP contribution >= 0.6 is 11.6 Å². The number of hydrogen-bond acceptors (Lipinski definition) is 0. The molecular formula is C9H13Cl. The molecule has 0 aliphatic heterocycles. The van der Waals surface area contributed by atoms with E-state index in [1.54, 1.807) is 0 Å². The molecular weight excluding hydrogens is 144 g/mol. The van der Waals surface area contributed by atoms with Crippen molar-refractivity contribution in [2.45, 2.75) is 20.3 Å². The SMILES string of the molecule is CC.ClC1=CC=CCC=C1. The minimum Gasteiger partial charge on any atom is -0.0844 e. The van der Waals surface area contributed by atoms with E-state index in [1.165, 1.54) is 0 Å². The van der Waals surface area contributed by atoms with Crippen molar-refractivity contribution < 1.29 is 0 Å². The second kappa shape index (κ2) is 6.63. The van der Waals surface area contributed by atoms with Gasteiger partial charge in [-0.3, -0.25) is 0 Å². The first-order chi connectivity index (χ1) is 4.89. The Morgan fingerprint density at radius 2 is 2.00 bits per heavy atom. The number of hydrogen-bond donors (Lipinski definition) is 0. The summed E-state index contributed by atoms with van der Waals surface area (Å²) in [5.41, 5.74) is 0. The minimum absolute atomic E-state index is 0.804. The average Bonchev–Trinajstić information content (AvgIpc) is 2.21. The van der Waals surface area contributed by atoms with Gasteiger partial charge < -0.3 is 0 Å². The first-order valence-corrected chi connectivity index (χ1v) is 3.96. The smallest absolute Gasteiger partial charge is 0.0402 e. The van der Waals surface area contributed by atoms with Crippen LogP contribution in [0.1, 0.15) is 20.3 Å². The lowest BCUT2D eigenvalue weighted by Gasteiger charge is -1.77. The molecule has 10 heavy (non-hydrogen) atoms. The molecule has 1 rings (SSSR count). The molecule has 1 aliphatic rings. The standard InChI is InChI=1S/C7H7Cl.C2H6/c8-7-5-3-1-2-4-6-7;1-2/h1,3-6H,2H2;1-2H3. The largest absolute Gasteiger partial charge is 0.0844 e. The summed E-state index contributed by atoms with van der Waals surface area (Å²) in [4.78, 5) is 0. The Labute approximate surface area is 67.9 Å². The Balaban J connectivity index is 0.000000371. The molecule has 0 saturated heterocycles. The Kier molecular flexibility index (Phi) is 6.30. The maximum atomic E-state index is 5.64. The maximum Gasteiger partial charge on any atom is 0.0402 e. The van der Waals surface area contributed by atoms with Gasteiger partial charge in [0.1, 0.15) is 0 Å². The van der Waals surface area contributed by atoms with Gasteiger partial charge in [-0.05, 0) is 18.6 Å². The van der Waals surface area contributed by atoms with E-state index in [2.05, 4.69) is 6.08 Å². The van der Waals surface area contributed by atoms with Crippen LogP contribution in [0.2, 0.25) is 0 Å². The topological polar surface area (TPSA) is 0 Å². The molecule has 0 bridgehead atoms. The fourth-order valence-corrected chi connectivity index (χ4v) is 0.715. The Morgan fingerprint density at radius 3 is 2.70 bits per heavy atom. The first kappa shape index (κ1) is 9.51. The van der Waals surface area contributed by atoms with Crippen LogP contribution in [0.5, 0.6) is 0 Å². The molecule has 0 fully saturated rings. The van der Waals surface area contributed by atoms with E-state index in [9.17, 15) is 0 Å². The molecule has 0 heterocycles. The zero-order valence-electron chi connectivity index (χ0n) is 6.47. The minimum atomic E-state index is 0.804. The summed E-state index contributed by atoms with van der Waals surface area (Å²) in [5, 5.41) is 0.804. The van der Waals surface area contributed by atoms with Crippen molar-refractivity contribution >= 4 is 11.6 Å². The molecule has 0 amide bonds. The van der Waals surface area contributed by atoms with E-state index in [1.807, 2.05) is 38.2 Å². The third-order valence-electron chi connectivity index (χ3n) is 0.941. The number of allylic oxidation sites excluding steroid dienone is 6. The van der Waals surface area contributed by atoms with Crippen molar-refractivity contribution in [3.63, 3.8) is 0 Å². The van der Waals surface area contributed by atoms with E-state index in [4.69, 9.17) is 11.6 Å². The Morgan fingerprint density at radius 1 is 1.30 bits per heavy atom. The molecule has 0 aromatic heterocycles. The van der Waals surface area contributed by atoms with Gasteiger partial charge in [0, 0.05) is 5.03 Å². The van der Waals surface area contributed by atoms with E-state index in [0.717, 1.165) is 11.5 Å². The second-order valence-electron chi connectivity index (χ2n) is 1.62. The van der Waals surface area contributed by atoms with Crippen molar-refractivity contribution in [2.24, 2.45) is 0 Å². The van der Waals surface area contributed by atoms with E-state index in [-0.39, 0.29) is 0 Å². The lowest BCUT2D eigenvalue weighted by atomic mass is 10.4. The highest BCUT2D eigenvalue weighted by Gasteiger charge is 1.82. The fraction of sp³-hybridized carbons (Fsp3) is 0.333.